The quantitative estimate of drug-likeness (QED) is 0.422. The number of fused-ring (bicyclic) bond motifs is 2. The van der Waals surface area contributed by atoms with E-state index in [9.17, 15) is 0 Å². The van der Waals surface area contributed by atoms with Crippen LogP contribution in [-0.2, 0) is 7.05 Å². The number of hydrogen-bond acceptors (Lipinski definition) is 2. The first kappa shape index (κ1) is 13.7. The van der Waals surface area contributed by atoms with E-state index in [0.29, 0.717) is 0 Å². The Kier molecular flexibility index (Phi) is 3.01. The highest BCUT2D eigenvalue weighted by Crippen LogP contribution is 2.27. The number of hydrogen-bond donors (Lipinski definition) is 1. The molecule has 0 unspecified atom stereocenters. The van der Waals surface area contributed by atoms with Crippen molar-refractivity contribution in [2.45, 2.75) is 13.8 Å². The molecule has 0 spiro atoms. The number of aromatic nitrogens is 1. The Hall–Kier alpha value is -2.29. The zero-order valence-corrected chi connectivity index (χ0v) is 13.4. The number of pyridine rings is 1. The summed E-state index contributed by atoms with van der Waals surface area (Å²) >= 11 is 0. The molecule has 1 aromatic heterocycles. The van der Waals surface area contributed by atoms with Gasteiger partial charge in [-0.3, -0.25) is 0 Å². The molecule has 0 aliphatic carbocycles. The van der Waals surface area contributed by atoms with Crippen molar-refractivity contribution in [2.24, 2.45) is 7.05 Å². The van der Waals surface area contributed by atoms with Crippen molar-refractivity contribution in [1.82, 2.24) is 0 Å². The van der Waals surface area contributed by atoms with Gasteiger partial charge in [0, 0.05) is 48.4 Å². The SMILES string of the molecule is Cc1cc2cc3cc(C)c(N(C)C)cc3[n+](C)c2cc1N. The molecule has 21 heavy (non-hydrogen) atoms. The van der Waals surface area contributed by atoms with Crippen molar-refractivity contribution >= 4 is 33.2 Å². The predicted octanol–water partition coefficient (Wildman–Crippen LogP) is 3.08. The van der Waals surface area contributed by atoms with Crippen LogP contribution in [0, 0.1) is 13.8 Å². The molecule has 0 atom stereocenters. The van der Waals surface area contributed by atoms with Crippen LogP contribution in [-0.4, -0.2) is 14.1 Å². The summed E-state index contributed by atoms with van der Waals surface area (Å²) < 4.78 is 2.23. The molecule has 0 saturated heterocycles. The fourth-order valence-electron chi connectivity index (χ4n) is 3.03. The van der Waals surface area contributed by atoms with Gasteiger partial charge >= 0.3 is 0 Å². The molecular weight excluding hydrogens is 258 g/mol. The molecule has 0 aliphatic rings. The Morgan fingerprint density at radius 2 is 1.43 bits per heavy atom. The van der Waals surface area contributed by atoms with Crippen LogP contribution in [0.3, 0.4) is 0 Å². The number of benzene rings is 2. The lowest BCUT2D eigenvalue weighted by atomic mass is 10.0. The van der Waals surface area contributed by atoms with Crippen molar-refractivity contribution in [1.29, 1.82) is 0 Å². The van der Waals surface area contributed by atoms with Gasteiger partial charge in [-0.25, -0.2) is 0 Å². The molecule has 0 bridgehead atoms. The van der Waals surface area contributed by atoms with Gasteiger partial charge in [-0.05, 0) is 43.2 Å². The lowest BCUT2D eigenvalue weighted by molar-refractivity contribution is -0.617. The maximum absolute atomic E-state index is 6.08. The van der Waals surface area contributed by atoms with Gasteiger partial charge < -0.3 is 10.6 Å². The molecule has 3 heteroatoms. The fraction of sp³-hybridized carbons (Fsp3) is 0.278. The van der Waals surface area contributed by atoms with Crippen LogP contribution in [0.4, 0.5) is 11.4 Å². The standard InChI is InChI=1S/C18H21N3/c1-11-6-13-8-14-7-12(2)16(20(3)4)10-18(14)21(5)17(13)9-15(11)19/h6-10,19H,1-5H3/p+1. The summed E-state index contributed by atoms with van der Waals surface area (Å²) in [5.41, 5.74) is 13.0. The largest absolute Gasteiger partial charge is 0.398 e. The smallest absolute Gasteiger partial charge is 0.214 e. The third-order valence-corrected chi connectivity index (χ3v) is 4.28. The Morgan fingerprint density at radius 1 is 0.857 bits per heavy atom. The average Bonchev–Trinajstić information content (AvgIpc) is 2.40. The Labute approximate surface area is 125 Å². The van der Waals surface area contributed by atoms with E-state index in [1.54, 1.807) is 0 Å². The average molecular weight is 280 g/mol. The van der Waals surface area contributed by atoms with Crippen molar-refractivity contribution in [3.8, 4) is 0 Å². The number of nitrogens with two attached hydrogens (primary N) is 1. The van der Waals surface area contributed by atoms with Gasteiger partial charge in [0.15, 0.2) is 0 Å². The summed E-state index contributed by atoms with van der Waals surface area (Å²) in [4.78, 5) is 2.16. The van der Waals surface area contributed by atoms with Gasteiger partial charge in [0.1, 0.15) is 7.05 Å². The van der Waals surface area contributed by atoms with Crippen LogP contribution in [0.1, 0.15) is 11.1 Å². The van der Waals surface area contributed by atoms with Crippen LogP contribution in [0.15, 0.2) is 30.3 Å². The molecule has 0 fully saturated rings. The summed E-state index contributed by atoms with van der Waals surface area (Å²) in [6.07, 6.45) is 0. The van der Waals surface area contributed by atoms with Crippen LogP contribution in [0.25, 0.3) is 21.8 Å². The normalized spacial score (nSPS) is 11.3. The van der Waals surface area contributed by atoms with Crippen molar-refractivity contribution in [3.05, 3.63) is 41.5 Å². The Balaban J connectivity index is 2.45. The van der Waals surface area contributed by atoms with Crippen LogP contribution in [0.2, 0.25) is 0 Å². The third-order valence-electron chi connectivity index (χ3n) is 4.28. The van der Waals surface area contributed by atoms with E-state index in [1.807, 2.05) is 0 Å². The van der Waals surface area contributed by atoms with Crippen molar-refractivity contribution in [3.63, 3.8) is 0 Å². The Morgan fingerprint density at radius 3 is 2.05 bits per heavy atom. The van der Waals surface area contributed by atoms with E-state index in [-0.39, 0.29) is 0 Å². The second-order valence-corrected chi connectivity index (χ2v) is 6.06. The van der Waals surface area contributed by atoms with Gasteiger partial charge in [-0.2, -0.15) is 4.57 Å². The zero-order valence-electron chi connectivity index (χ0n) is 13.4. The van der Waals surface area contributed by atoms with Crippen LogP contribution in [0.5, 0.6) is 0 Å². The fourth-order valence-corrected chi connectivity index (χ4v) is 3.03. The molecule has 3 aromatic rings. The van der Waals surface area contributed by atoms with E-state index < -0.39 is 0 Å². The second kappa shape index (κ2) is 4.62. The van der Waals surface area contributed by atoms with E-state index in [1.165, 1.54) is 33.1 Å². The molecule has 2 aromatic carbocycles. The first-order valence-electron chi connectivity index (χ1n) is 7.19. The minimum Gasteiger partial charge on any atom is -0.398 e. The Bertz CT molecular complexity index is 864. The monoisotopic (exact) mass is 280 g/mol. The second-order valence-electron chi connectivity index (χ2n) is 6.06. The number of nitrogen functional groups attached to an aromatic ring is 1. The number of aryl methyl sites for hydroxylation is 3. The summed E-state index contributed by atoms with van der Waals surface area (Å²) in [5, 5.41) is 2.49. The lowest BCUT2D eigenvalue weighted by Crippen LogP contribution is -2.30. The first-order chi connectivity index (χ1) is 9.88. The molecule has 0 amide bonds. The van der Waals surface area contributed by atoms with Gasteiger partial charge in [-0.15, -0.1) is 0 Å². The van der Waals surface area contributed by atoms with Crippen molar-refractivity contribution in [2.75, 3.05) is 24.7 Å². The maximum Gasteiger partial charge on any atom is 0.214 e. The minimum atomic E-state index is 0.845. The van der Waals surface area contributed by atoms with E-state index >= 15 is 0 Å². The first-order valence-corrected chi connectivity index (χ1v) is 7.19. The summed E-state index contributed by atoms with van der Waals surface area (Å²) in [6.45, 7) is 4.21. The number of nitrogens with zero attached hydrogens (tertiary/aromatic N) is 2. The minimum absolute atomic E-state index is 0.845. The number of rotatable bonds is 1. The third kappa shape index (κ3) is 2.09. The summed E-state index contributed by atoms with van der Waals surface area (Å²) in [7, 11) is 6.27. The molecule has 0 radical (unpaired) electrons. The van der Waals surface area contributed by atoms with E-state index in [0.717, 1.165) is 11.3 Å². The molecular formula is C18H22N3+. The molecule has 0 saturated carbocycles. The van der Waals surface area contributed by atoms with Gasteiger partial charge in [0.05, 0.1) is 0 Å². The maximum atomic E-state index is 6.08. The van der Waals surface area contributed by atoms with Crippen LogP contribution >= 0.6 is 0 Å². The van der Waals surface area contributed by atoms with E-state index in [2.05, 4.69) is 74.8 Å². The highest BCUT2D eigenvalue weighted by Gasteiger charge is 2.15. The number of anilines is 2. The summed E-state index contributed by atoms with van der Waals surface area (Å²) in [6, 6.07) is 11.0. The van der Waals surface area contributed by atoms with Crippen LogP contribution < -0.4 is 15.2 Å². The summed E-state index contributed by atoms with van der Waals surface area (Å²) in [5.74, 6) is 0. The molecule has 3 rings (SSSR count). The van der Waals surface area contributed by atoms with Gasteiger partial charge in [0.2, 0.25) is 11.0 Å². The topological polar surface area (TPSA) is 33.1 Å². The van der Waals surface area contributed by atoms with E-state index in [4.69, 9.17) is 5.73 Å². The zero-order chi connectivity index (χ0) is 15.3. The van der Waals surface area contributed by atoms with Crippen molar-refractivity contribution < 1.29 is 4.57 Å². The molecule has 2 N–H and O–H groups in total. The predicted molar refractivity (Wildman–Crippen MR) is 90.8 cm³/mol. The molecule has 108 valence electrons. The van der Waals surface area contributed by atoms with Gasteiger partial charge in [-0.1, -0.05) is 0 Å². The highest BCUT2D eigenvalue weighted by atomic mass is 15.1. The molecule has 1 heterocycles. The lowest BCUT2D eigenvalue weighted by Gasteiger charge is -2.16. The molecule has 3 nitrogen and oxygen atoms in total. The van der Waals surface area contributed by atoms with Gasteiger partial charge in [0.25, 0.3) is 0 Å². The molecule has 0 aliphatic heterocycles. The highest BCUT2D eigenvalue weighted by molar-refractivity contribution is 5.92.